The quantitative estimate of drug-likeness (QED) is 0.527. The molecule has 2 aromatic carbocycles. The predicted octanol–water partition coefficient (Wildman–Crippen LogP) is 2.49. The second-order valence-electron chi connectivity index (χ2n) is 8.72. The van der Waals surface area contributed by atoms with Gasteiger partial charge in [-0.2, -0.15) is 4.31 Å². The summed E-state index contributed by atoms with van der Waals surface area (Å²) < 4.78 is 35.7. The van der Waals surface area contributed by atoms with Gasteiger partial charge in [-0.25, -0.2) is 13.2 Å². The largest absolute Gasteiger partial charge is 0.497 e. The third-order valence-electron chi connectivity index (χ3n) is 6.10. The van der Waals surface area contributed by atoms with E-state index in [4.69, 9.17) is 4.74 Å². The lowest BCUT2D eigenvalue weighted by Gasteiger charge is -2.16. The minimum atomic E-state index is -3.65. The van der Waals surface area contributed by atoms with Crippen LogP contribution in [-0.2, 0) is 27.9 Å². The number of sulfonamides is 1. The van der Waals surface area contributed by atoms with Crippen molar-refractivity contribution >= 4 is 27.0 Å². The number of imidazole rings is 1. The topological polar surface area (TPSA) is 103 Å². The molecule has 0 spiro atoms. The van der Waals surface area contributed by atoms with E-state index < -0.39 is 10.0 Å². The molecular weight excluding hydrogens is 456 g/mol. The number of nitrogens with one attached hydrogen (secondary N) is 1. The number of rotatable bonds is 8. The first-order valence-electron chi connectivity index (χ1n) is 11.4. The summed E-state index contributed by atoms with van der Waals surface area (Å²) >= 11 is 0. The highest BCUT2D eigenvalue weighted by Gasteiger charge is 2.28. The van der Waals surface area contributed by atoms with Crippen LogP contribution >= 0.6 is 0 Å². The molecule has 1 aromatic heterocycles. The Balaban J connectivity index is 1.64. The van der Waals surface area contributed by atoms with Crippen LogP contribution in [0, 0.1) is 0 Å². The molecule has 0 aliphatic carbocycles. The van der Waals surface area contributed by atoms with E-state index >= 15 is 0 Å². The van der Waals surface area contributed by atoms with Crippen LogP contribution in [-0.4, -0.2) is 48.0 Å². The van der Waals surface area contributed by atoms with Crippen molar-refractivity contribution in [1.29, 1.82) is 0 Å². The molecule has 9 nitrogen and oxygen atoms in total. The zero-order chi connectivity index (χ0) is 24.5. The normalized spacial score (nSPS) is 14.7. The van der Waals surface area contributed by atoms with Crippen LogP contribution in [0.3, 0.4) is 0 Å². The summed E-state index contributed by atoms with van der Waals surface area (Å²) in [7, 11) is -2.07. The first-order chi connectivity index (χ1) is 16.2. The maximum absolute atomic E-state index is 13.2. The van der Waals surface area contributed by atoms with Gasteiger partial charge in [0.1, 0.15) is 12.3 Å². The van der Waals surface area contributed by atoms with Gasteiger partial charge in [0, 0.05) is 25.7 Å². The highest BCUT2D eigenvalue weighted by Crippen LogP contribution is 2.25. The fourth-order valence-corrected chi connectivity index (χ4v) is 5.83. The molecule has 0 unspecified atom stereocenters. The van der Waals surface area contributed by atoms with Gasteiger partial charge in [-0.15, -0.1) is 0 Å². The zero-order valence-corrected chi connectivity index (χ0v) is 20.5. The van der Waals surface area contributed by atoms with Crippen LogP contribution in [0.5, 0.6) is 5.75 Å². The Morgan fingerprint density at radius 2 is 1.74 bits per heavy atom. The molecule has 182 valence electrons. The third-order valence-corrected chi connectivity index (χ3v) is 8.00. The first kappa shape index (κ1) is 24.0. The monoisotopic (exact) mass is 486 g/mol. The van der Waals surface area contributed by atoms with E-state index in [-0.39, 0.29) is 29.1 Å². The lowest BCUT2D eigenvalue weighted by molar-refractivity contribution is -0.121. The Hall–Kier alpha value is -3.11. The summed E-state index contributed by atoms with van der Waals surface area (Å²) in [5, 5.41) is 2.83. The molecule has 1 N–H and O–H groups in total. The highest BCUT2D eigenvalue weighted by molar-refractivity contribution is 7.89. The molecule has 1 aliphatic heterocycles. The van der Waals surface area contributed by atoms with E-state index in [9.17, 15) is 18.0 Å². The Morgan fingerprint density at radius 3 is 2.35 bits per heavy atom. The van der Waals surface area contributed by atoms with Gasteiger partial charge in [-0.3, -0.25) is 13.9 Å². The van der Waals surface area contributed by atoms with Crippen molar-refractivity contribution in [3.8, 4) is 5.75 Å². The van der Waals surface area contributed by atoms with Crippen LogP contribution in [0.1, 0.15) is 38.3 Å². The summed E-state index contributed by atoms with van der Waals surface area (Å²) in [6, 6.07) is 11.9. The maximum Gasteiger partial charge on any atom is 0.329 e. The average Bonchev–Trinajstić information content (AvgIpc) is 3.45. The number of benzene rings is 2. The number of aromatic nitrogens is 2. The zero-order valence-electron chi connectivity index (χ0n) is 19.7. The van der Waals surface area contributed by atoms with E-state index in [1.807, 2.05) is 38.1 Å². The second kappa shape index (κ2) is 9.63. The van der Waals surface area contributed by atoms with Gasteiger partial charge >= 0.3 is 5.69 Å². The second-order valence-corrected chi connectivity index (χ2v) is 10.7. The molecule has 1 amide bonds. The Bertz CT molecular complexity index is 1350. The number of nitrogens with zero attached hydrogens (tertiary/aromatic N) is 3. The molecule has 0 radical (unpaired) electrons. The summed E-state index contributed by atoms with van der Waals surface area (Å²) in [5.74, 6) is 0.385. The SMILES string of the molecule is COc1ccc(CNC(=O)Cn2c(=O)n(C(C)C)c3ccc(S(=O)(=O)N4CCCC4)cc32)cc1. The van der Waals surface area contributed by atoms with E-state index in [0.29, 0.717) is 30.7 Å². The number of fused-ring (bicyclic) bond motifs is 1. The number of carbonyl (C=O) groups is 1. The summed E-state index contributed by atoms with van der Waals surface area (Å²) in [4.78, 5) is 26.1. The molecule has 3 aromatic rings. The first-order valence-corrected chi connectivity index (χ1v) is 12.8. The van der Waals surface area contributed by atoms with E-state index in [0.717, 1.165) is 24.2 Å². The van der Waals surface area contributed by atoms with E-state index in [1.165, 1.54) is 14.9 Å². The Morgan fingerprint density at radius 1 is 1.06 bits per heavy atom. The lowest BCUT2D eigenvalue weighted by Crippen LogP contribution is -2.33. The highest BCUT2D eigenvalue weighted by atomic mass is 32.2. The Labute approximate surface area is 199 Å². The molecule has 1 aliphatic rings. The van der Waals surface area contributed by atoms with Gasteiger partial charge in [-0.05, 0) is 62.6 Å². The van der Waals surface area contributed by atoms with Crippen LogP contribution in [0.25, 0.3) is 11.0 Å². The van der Waals surface area contributed by atoms with Crippen molar-refractivity contribution < 1.29 is 17.9 Å². The molecule has 0 atom stereocenters. The summed E-state index contributed by atoms with van der Waals surface area (Å²) in [6.07, 6.45) is 1.68. The van der Waals surface area contributed by atoms with Gasteiger partial charge in [0.2, 0.25) is 15.9 Å². The summed E-state index contributed by atoms with van der Waals surface area (Å²) in [6.45, 7) is 4.84. The molecule has 1 fully saturated rings. The predicted molar refractivity (Wildman–Crippen MR) is 129 cm³/mol. The Kier molecular flexibility index (Phi) is 6.81. The van der Waals surface area contributed by atoms with E-state index in [1.54, 1.807) is 23.8 Å². The minimum absolute atomic E-state index is 0.134. The number of carbonyl (C=O) groups excluding carboxylic acids is 1. The van der Waals surface area contributed by atoms with Crippen molar-refractivity contribution in [3.63, 3.8) is 0 Å². The standard InChI is InChI=1S/C24H30N4O5S/c1-17(2)28-21-11-10-20(34(31,32)26-12-4-5-13-26)14-22(21)27(24(28)30)16-23(29)25-15-18-6-8-19(33-3)9-7-18/h6-11,14,17H,4-5,12-13,15-16H2,1-3H3,(H,25,29). The fourth-order valence-electron chi connectivity index (χ4n) is 4.29. The number of amides is 1. The van der Waals surface area contributed by atoms with Gasteiger partial charge in [0.25, 0.3) is 0 Å². The molecule has 0 saturated carbocycles. The number of methoxy groups -OCH3 is 1. The average molecular weight is 487 g/mol. The fraction of sp³-hybridized carbons (Fsp3) is 0.417. The van der Waals surface area contributed by atoms with Gasteiger partial charge < -0.3 is 10.1 Å². The number of hydrogen-bond acceptors (Lipinski definition) is 5. The van der Waals surface area contributed by atoms with Crippen molar-refractivity contribution in [3.05, 3.63) is 58.5 Å². The molecule has 10 heteroatoms. The smallest absolute Gasteiger partial charge is 0.329 e. The van der Waals surface area contributed by atoms with Crippen molar-refractivity contribution in [1.82, 2.24) is 18.8 Å². The molecule has 2 heterocycles. The molecular formula is C24H30N4O5S. The number of hydrogen-bond donors (Lipinski definition) is 1. The number of ether oxygens (including phenoxy) is 1. The third kappa shape index (κ3) is 4.60. The minimum Gasteiger partial charge on any atom is -0.497 e. The molecule has 0 bridgehead atoms. The maximum atomic E-state index is 13.2. The van der Waals surface area contributed by atoms with Gasteiger partial charge in [0.15, 0.2) is 0 Å². The van der Waals surface area contributed by atoms with Crippen LogP contribution in [0.2, 0.25) is 0 Å². The van der Waals surface area contributed by atoms with Gasteiger partial charge in [-0.1, -0.05) is 12.1 Å². The van der Waals surface area contributed by atoms with E-state index in [2.05, 4.69) is 5.32 Å². The van der Waals surface area contributed by atoms with Crippen molar-refractivity contribution in [2.24, 2.45) is 0 Å². The summed E-state index contributed by atoms with van der Waals surface area (Å²) in [5.41, 5.74) is 1.58. The van der Waals surface area contributed by atoms with Gasteiger partial charge in [0.05, 0.1) is 23.0 Å². The van der Waals surface area contributed by atoms with Crippen LogP contribution in [0.4, 0.5) is 0 Å². The molecule has 4 rings (SSSR count). The van der Waals surface area contributed by atoms with Crippen LogP contribution in [0.15, 0.2) is 52.2 Å². The van der Waals surface area contributed by atoms with Crippen LogP contribution < -0.4 is 15.7 Å². The van der Waals surface area contributed by atoms with Crippen molar-refractivity contribution in [2.75, 3.05) is 20.2 Å². The lowest BCUT2D eigenvalue weighted by atomic mass is 10.2. The molecule has 34 heavy (non-hydrogen) atoms. The van der Waals surface area contributed by atoms with Crippen molar-refractivity contribution in [2.45, 2.75) is 50.7 Å². The molecule has 1 saturated heterocycles.